The fourth-order valence-corrected chi connectivity index (χ4v) is 3.08. The van der Waals surface area contributed by atoms with E-state index < -0.39 is 0 Å². The fourth-order valence-electron chi connectivity index (χ4n) is 2.23. The van der Waals surface area contributed by atoms with E-state index in [1.54, 1.807) is 0 Å². The minimum Gasteiger partial charge on any atom is -0.324 e. The Morgan fingerprint density at radius 1 is 1.10 bits per heavy atom. The maximum absolute atomic E-state index is 14.0. The van der Waals surface area contributed by atoms with Crippen LogP contribution in [0.15, 0.2) is 41.3 Å². The molecule has 0 bridgehead atoms. The third-order valence-electron chi connectivity index (χ3n) is 3.16. The van der Waals surface area contributed by atoms with Crippen molar-refractivity contribution >= 4 is 11.8 Å². The lowest BCUT2D eigenvalue weighted by atomic mass is 10.1. The van der Waals surface area contributed by atoms with E-state index in [9.17, 15) is 4.39 Å². The monoisotopic (exact) mass is 289 g/mol. The Morgan fingerprint density at radius 3 is 2.30 bits per heavy atom. The minimum absolute atomic E-state index is 0.136. The standard InChI is InChI=1S/C17H20FNS/c1-11-6-12(2)8-14(7-11)10-20-17-5-4-15(13(3)19)9-16(17)18/h4-9,13H,10,19H2,1-3H3/t13-/m1/s1. The molecule has 0 unspecified atom stereocenters. The van der Waals surface area contributed by atoms with Crippen molar-refractivity contribution < 1.29 is 4.39 Å². The predicted octanol–water partition coefficient (Wildman–Crippen LogP) is 4.75. The average molecular weight is 289 g/mol. The van der Waals surface area contributed by atoms with Crippen molar-refractivity contribution in [2.24, 2.45) is 5.73 Å². The number of aryl methyl sites for hydroxylation is 2. The summed E-state index contributed by atoms with van der Waals surface area (Å²) in [4.78, 5) is 0.675. The number of benzene rings is 2. The molecule has 2 aromatic rings. The maximum atomic E-state index is 14.0. The van der Waals surface area contributed by atoms with E-state index in [-0.39, 0.29) is 11.9 Å². The maximum Gasteiger partial charge on any atom is 0.137 e. The normalized spacial score (nSPS) is 12.4. The Labute approximate surface area is 124 Å². The lowest BCUT2D eigenvalue weighted by Gasteiger charge is -2.09. The van der Waals surface area contributed by atoms with Crippen LogP contribution in [0.4, 0.5) is 4.39 Å². The molecule has 106 valence electrons. The summed E-state index contributed by atoms with van der Waals surface area (Å²) in [6.07, 6.45) is 0. The molecule has 0 saturated heterocycles. The summed E-state index contributed by atoms with van der Waals surface area (Å²) in [7, 11) is 0. The van der Waals surface area contributed by atoms with E-state index in [4.69, 9.17) is 5.73 Å². The fraction of sp³-hybridized carbons (Fsp3) is 0.294. The van der Waals surface area contributed by atoms with Crippen LogP contribution < -0.4 is 5.73 Å². The lowest BCUT2D eigenvalue weighted by molar-refractivity contribution is 0.596. The van der Waals surface area contributed by atoms with Crippen LogP contribution in [0.2, 0.25) is 0 Å². The molecule has 2 rings (SSSR count). The van der Waals surface area contributed by atoms with E-state index in [0.717, 1.165) is 11.3 Å². The zero-order valence-corrected chi connectivity index (χ0v) is 12.9. The zero-order chi connectivity index (χ0) is 14.7. The smallest absolute Gasteiger partial charge is 0.137 e. The molecule has 1 atom stereocenters. The van der Waals surface area contributed by atoms with Gasteiger partial charge in [0, 0.05) is 16.7 Å². The molecule has 0 radical (unpaired) electrons. The summed E-state index contributed by atoms with van der Waals surface area (Å²) in [5.74, 6) is 0.589. The van der Waals surface area contributed by atoms with Crippen LogP contribution in [-0.4, -0.2) is 0 Å². The zero-order valence-electron chi connectivity index (χ0n) is 12.1. The van der Waals surface area contributed by atoms with Gasteiger partial charge in [0.05, 0.1) is 0 Å². The van der Waals surface area contributed by atoms with Gasteiger partial charge in [-0.15, -0.1) is 11.8 Å². The molecule has 20 heavy (non-hydrogen) atoms. The first-order valence-electron chi connectivity index (χ1n) is 6.70. The molecule has 0 aliphatic rings. The third-order valence-corrected chi connectivity index (χ3v) is 4.28. The van der Waals surface area contributed by atoms with Crippen molar-refractivity contribution in [3.8, 4) is 0 Å². The van der Waals surface area contributed by atoms with Crippen LogP contribution >= 0.6 is 11.8 Å². The van der Waals surface area contributed by atoms with Crippen molar-refractivity contribution in [1.29, 1.82) is 0 Å². The molecule has 2 N–H and O–H groups in total. The Bertz CT molecular complexity index is 588. The van der Waals surface area contributed by atoms with Crippen LogP contribution in [0, 0.1) is 19.7 Å². The van der Waals surface area contributed by atoms with Crippen molar-refractivity contribution in [3.05, 3.63) is 64.5 Å². The van der Waals surface area contributed by atoms with E-state index in [0.29, 0.717) is 4.90 Å². The Balaban J connectivity index is 2.11. The van der Waals surface area contributed by atoms with E-state index >= 15 is 0 Å². The molecule has 0 aromatic heterocycles. The van der Waals surface area contributed by atoms with Gasteiger partial charge in [0.2, 0.25) is 0 Å². The highest BCUT2D eigenvalue weighted by molar-refractivity contribution is 7.98. The molecule has 0 saturated carbocycles. The van der Waals surface area contributed by atoms with Gasteiger partial charge in [-0.25, -0.2) is 4.39 Å². The van der Waals surface area contributed by atoms with Gasteiger partial charge in [-0.05, 0) is 44.0 Å². The molecular formula is C17H20FNS. The van der Waals surface area contributed by atoms with Gasteiger partial charge >= 0.3 is 0 Å². The van der Waals surface area contributed by atoms with Gasteiger partial charge in [-0.3, -0.25) is 0 Å². The highest BCUT2D eigenvalue weighted by Crippen LogP contribution is 2.28. The summed E-state index contributed by atoms with van der Waals surface area (Å²) in [5, 5.41) is 0. The highest BCUT2D eigenvalue weighted by Gasteiger charge is 2.07. The van der Waals surface area contributed by atoms with Crippen LogP contribution in [0.5, 0.6) is 0 Å². The molecule has 0 aliphatic carbocycles. The number of hydrogen-bond acceptors (Lipinski definition) is 2. The van der Waals surface area contributed by atoms with Gasteiger partial charge in [0.15, 0.2) is 0 Å². The number of nitrogens with two attached hydrogens (primary N) is 1. The highest BCUT2D eigenvalue weighted by atomic mass is 32.2. The third kappa shape index (κ3) is 3.84. The van der Waals surface area contributed by atoms with Crippen molar-refractivity contribution in [2.75, 3.05) is 0 Å². The summed E-state index contributed by atoms with van der Waals surface area (Å²) in [6, 6.07) is 11.6. The second-order valence-corrected chi connectivity index (χ2v) is 6.28. The molecule has 0 spiro atoms. The van der Waals surface area contributed by atoms with Crippen LogP contribution in [0.1, 0.15) is 35.2 Å². The van der Waals surface area contributed by atoms with Crippen molar-refractivity contribution in [2.45, 2.75) is 37.5 Å². The van der Waals surface area contributed by atoms with Crippen LogP contribution in [0.3, 0.4) is 0 Å². The van der Waals surface area contributed by atoms with Gasteiger partial charge in [-0.2, -0.15) is 0 Å². The Morgan fingerprint density at radius 2 is 1.75 bits per heavy atom. The lowest BCUT2D eigenvalue weighted by Crippen LogP contribution is -2.05. The first-order chi connectivity index (χ1) is 9.45. The quantitative estimate of drug-likeness (QED) is 0.822. The van der Waals surface area contributed by atoms with Crippen LogP contribution in [-0.2, 0) is 5.75 Å². The molecular weight excluding hydrogens is 269 g/mol. The van der Waals surface area contributed by atoms with E-state index in [2.05, 4.69) is 32.0 Å². The second-order valence-electron chi connectivity index (χ2n) is 5.26. The molecule has 0 amide bonds. The largest absolute Gasteiger partial charge is 0.324 e. The van der Waals surface area contributed by atoms with Gasteiger partial charge in [0.25, 0.3) is 0 Å². The predicted molar refractivity (Wildman–Crippen MR) is 84.5 cm³/mol. The van der Waals surface area contributed by atoms with Gasteiger partial charge in [-0.1, -0.05) is 35.4 Å². The minimum atomic E-state index is -0.186. The topological polar surface area (TPSA) is 26.0 Å². The van der Waals surface area contributed by atoms with E-state index in [1.165, 1.54) is 34.5 Å². The molecule has 0 aliphatic heterocycles. The average Bonchev–Trinajstić information content (AvgIpc) is 2.36. The molecule has 1 nitrogen and oxygen atoms in total. The van der Waals surface area contributed by atoms with E-state index in [1.807, 2.05) is 19.1 Å². The van der Waals surface area contributed by atoms with Crippen LogP contribution in [0.25, 0.3) is 0 Å². The molecule has 2 aromatic carbocycles. The van der Waals surface area contributed by atoms with Crippen molar-refractivity contribution in [3.63, 3.8) is 0 Å². The SMILES string of the molecule is Cc1cc(C)cc(CSc2ccc([C@@H](C)N)cc2F)c1. The molecule has 0 heterocycles. The summed E-state index contributed by atoms with van der Waals surface area (Å²) < 4.78 is 14.0. The Kier molecular flexibility index (Phi) is 4.84. The number of thioether (sulfide) groups is 1. The van der Waals surface area contributed by atoms with Crippen molar-refractivity contribution in [1.82, 2.24) is 0 Å². The number of hydrogen-bond donors (Lipinski definition) is 1. The molecule has 3 heteroatoms. The summed E-state index contributed by atoms with van der Waals surface area (Å²) in [6.45, 7) is 6.02. The number of rotatable bonds is 4. The second kappa shape index (κ2) is 6.42. The first-order valence-corrected chi connectivity index (χ1v) is 7.69. The van der Waals surface area contributed by atoms with Gasteiger partial charge < -0.3 is 5.73 Å². The first kappa shape index (κ1) is 15.1. The summed E-state index contributed by atoms with van der Waals surface area (Å²) >= 11 is 1.52. The van der Waals surface area contributed by atoms with Gasteiger partial charge in [0.1, 0.15) is 5.82 Å². The summed E-state index contributed by atoms with van der Waals surface area (Å²) in [5.41, 5.74) is 10.3. The molecule has 0 fully saturated rings. The Hall–Kier alpha value is -1.32. The number of halogens is 1.